The molecule has 2 aliphatic carbocycles. The summed E-state index contributed by atoms with van der Waals surface area (Å²) in [7, 11) is 0. The number of pyridine rings is 1. The lowest BCUT2D eigenvalue weighted by atomic mass is 9.63. The van der Waals surface area contributed by atoms with Crippen LogP contribution in [0.15, 0.2) is 75.6 Å². The number of rotatable bonds is 3. The summed E-state index contributed by atoms with van der Waals surface area (Å²) in [6, 6.07) is 12.0. The van der Waals surface area contributed by atoms with E-state index in [4.69, 9.17) is 4.99 Å². The molecule has 4 rings (SSSR count). The van der Waals surface area contributed by atoms with E-state index in [1.165, 1.54) is 22.3 Å². The molecule has 2 aliphatic rings. The van der Waals surface area contributed by atoms with Crippen LogP contribution in [0.25, 0.3) is 6.08 Å². The molecular weight excluding hydrogens is 344 g/mol. The second-order valence-corrected chi connectivity index (χ2v) is 7.87. The predicted molar refractivity (Wildman–Crippen MR) is 117 cm³/mol. The molecule has 1 N–H and O–H groups in total. The van der Waals surface area contributed by atoms with Gasteiger partial charge in [-0.25, -0.2) is 0 Å². The van der Waals surface area contributed by atoms with Gasteiger partial charge in [0, 0.05) is 35.9 Å². The van der Waals surface area contributed by atoms with E-state index in [9.17, 15) is 4.79 Å². The Kier molecular flexibility index (Phi) is 4.76. The monoisotopic (exact) mass is 370 g/mol. The van der Waals surface area contributed by atoms with Crippen LogP contribution in [-0.2, 0) is 12.0 Å². The van der Waals surface area contributed by atoms with E-state index in [0.717, 1.165) is 24.1 Å². The van der Waals surface area contributed by atoms with Crippen LogP contribution >= 0.6 is 0 Å². The van der Waals surface area contributed by atoms with Gasteiger partial charge in [0.2, 0.25) is 5.56 Å². The van der Waals surface area contributed by atoms with Gasteiger partial charge in [-0.15, -0.1) is 0 Å². The summed E-state index contributed by atoms with van der Waals surface area (Å²) in [6.07, 6.45) is 12.2. The first-order valence-corrected chi connectivity index (χ1v) is 9.87. The first-order valence-electron chi connectivity index (χ1n) is 9.87. The minimum absolute atomic E-state index is 0.0417. The van der Waals surface area contributed by atoms with Crippen molar-refractivity contribution in [3.05, 3.63) is 98.5 Å². The number of fused-ring (bicyclic) bond motifs is 4. The van der Waals surface area contributed by atoms with E-state index in [1.54, 1.807) is 6.07 Å². The van der Waals surface area contributed by atoms with E-state index in [0.29, 0.717) is 5.92 Å². The lowest BCUT2D eigenvalue weighted by Crippen LogP contribution is -2.40. The van der Waals surface area contributed by atoms with Crippen LogP contribution in [0.2, 0.25) is 0 Å². The van der Waals surface area contributed by atoms with E-state index >= 15 is 0 Å². The smallest absolute Gasteiger partial charge is 0.248 e. The predicted octanol–water partition coefficient (Wildman–Crippen LogP) is 5.13. The second kappa shape index (κ2) is 7.23. The molecule has 1 heterocycles. The molecule has 0 radical (unpaired) electrons. The zero-order chi connectivity index (χ0) is 19.7. The van der Waals surface area contributed by atoms with Gasteiger partial charge in [-0.3, -0.25) is 9.79 Å². The Morgan fingerprint density at radius 1 is 1.21 bits per heavy atom. The molecule has 0 spiro atoms. The van der Waals surface area contributed by atoms with Gasteiger partial charge in [-0.05, 0) is 50.5 Å². The Bertz CT molecular complexity index is 1080. The molecule has 2 bridgehead atoms. The fourth-order valence-corrected chi connectivity index (χ4v) is 4.75. The molecule has 0 fully saturated rings. The Balaban J connectivity index is 1.77. The third-order valence-electron chi connectivity index (χ3n) is 5.79. The van der Waals surface area contributed by atoms with Crippen molar-refractivity contribution in [1.29, 1.82) is 0 Å². The number of nitrogens with one attached hydrogen (secondary N) is 1. The summed E-state index contributed by atoms with van der Waals surface area (Å²) in [6.45, 7) is 6.38. The number of H-pyrrole nitrogens is 1. The van der Waals surface area contributed by atoms with Crippen LogP contribution < -0.4 is 5.56 Å². The first-order chi connectivity index (χ1) is 13.5. The fraction of sp³-hybridized carbons (Fsp3) is 0.280. The molecule has 2 aromatic rings. The van der Waals surface area contributed by atoms with Crippen molar-refractivity contribution in [2.24, 2.45) is 10.9 Å². The highest BCUT2D eigenvalue weighted by atomic mass is 16.1. The van der Waals surface area contributed by atoms with Crippen LogP contribution in [0.3, 0.4) is 0 Å². The Labute approximate surface area is 166 Å². The van der Waals surface area contributed by atoms with Crippen molar-refractivity contribution in [1.82, 2.24) is 4.98 Å². The molecule has 28 heavy (non-hydrogen) atoms. The second-order valence-electron chi connectivity index (χ2n) is 7.87. The molecule has 3 heteroatoms. The highest BCUT2D eigenvalue weighted by Crippen LogP contribution is 2.51. The van der Waals surface area contributed by atoms with Gasteiger partial charge in [0.05, 0.1) is 0 Å². The van der Waals surface area contributed by atoms with Crippen molar-refractivity contribution in [3.8, 4) is 0 Å². The van der Waals surface area contributed by atoms with Gasteiger partial charge < -0.3 is 4.98 Å². The summed E-state index contributed by atoms with van der Waals surface area (Å²) < 4.78 is 0. The van der Waals surface area contributed by atoms with E-state index in [-0.39, 0.29) is 5.56 Å². The quantitative estimate of drug-likeness (QED) is 0.591. The van der Waals surface area contributed by atoms with Crippen LogP contribution in [0.5, 0.6) is 0 Å². The van der Waals surface area contributed by atoms with Crippen molar-refractivity contribution in [2.45, 2.75) is 39.2 Å². The number of hydrogen-bond acceptors (Lipinski definition) is 2. The summed E-state index contributed by atoms with van der Waals surface area (Å²) >= 11 is 0. The number of allylic oxidation sites excluding steroid dienone is 3. The zero-order valence-electron chi connectivity index (χ0n) is 16.7. The third-order valence-corrected chi connectivity index (χ3v) is 5.79. The normalized spacial score (nSPS) is 25.3. The highest BCUT2D eigenvalue weighted by Gasteiger charge is 2.46. The zero-order valence-corrected chi connectivity index (χ0v) is 16.7. The average molecular weight is 370 g/mol. The average Bonchev–Trinajstić information content (AvgIpc) is 2.64. The summed E-state index contributed by atoms with van der Waals surface area (Å²) in [4.78, 5) is 20.1. The van der Waals surface area contributed by atoms with E-state index in [2.05, 4.69) is 68.2 Å². The topological polar surface area (TPSA) is 45.2 Å². The molecule has 0 saturated heterocycles. The largest absolute Gasteiger partial charge is 0.326 e. The number of aliphatic imine (C=N–C) groups is 1. The molecule has 0 aliphatic heterocycles. The maximum absolute atomic E-state index is 11.9. The SMILES string of the molecule is C/C=C1\[C@H]2C=C(C)C[C@]1(N=CC=Cc1cccc(C)c1)c1ccc(=O)[nH]c1C2. The number of aryl methyl sites for hydroxylation is 1. The van der Waals surface area contributed by atoms with Crippen LogP contribution in [-0.4, -0.2) is 11.2 Å². The van der Waals surface area contributed by atoms with Crippen LogP contribution in [0.1, 0.15) is 42.7 Å². The number of aromatic nitrogens is 1. The standard InChI is InChI=1S/C25H26N2O/c1-4-21-20-14-18(3)16-25(21,22-10-11-24(28)27-23(22)15-20)26-12-6-9-19-8-5-7-17(2)13-19/h4-14,20H,15-16H2,1-3H3,(H,27,28)/b9-6?,21-4+,26-12?/t20-,25+/m0/s1. The molecule has 0 unspecified atom stereocenters. The summed E-state index contributed by atoms with van der Waals surface area (Å²) in [5, 5.41) is 0. The molecule has 142 valence electrons. The van der Waals surface area contributed by atoms with E-state index in [1.807, 2.05) is 18.4 Å². The number of benzene rings is 1. The van der Waals surface area contributed by atoms with Crippen molar-refractivity contribution in [2.75, 3.05) is 0 Å². The number of hydrogen-bond donors (Lipinski definition) is 1. The molecule has 2 atom stereocenters. The van der Waals surface area contributed by atoms with Gasteiger partial charge in [-0.2, -0.15) is 0 Å². The number of nitrogens with zero attached hydrogens (tertiary/aromatic N) is 1. The van der Waals surface area contributed by atoms with Gasteiger partial charge in [0.15, 0.2) is 0 Å². The number of aromatic amines is 1. The maximum Gasteiger partial charge on any atom is 0.248 e. The van der Waals surface area contributed by atoms with Gasteiger partial charge >= 0.3 is 0 Å². The van der Waals surface area contributed by atoms with Crippen LogP contribution in [0, 0.1) is 12.8 Å². The van der Waals surface area contributed by atoms with Crippen molar-refractivity contribution < 1.29 is 0 Å². The molecule has 0 saturated carbocycles. The Morgan fingerprint density at radius 2 is 2.07 bits per heavy atom. The molecule has 0 amide bonds. The minimum atomic E-state index is -0.424. The Hall–Kier alpha value is -2.94. The van der Waals surface area contributed by atoms with E-state index < -0.39 is 5.54 Å². The van der Waals surface area contributed by atoms with Crippen molar-refractivity contribution >= 4 is 12.3 Å². The van der Waals surface area contributed by atoms with Gasteiger partial charge in [0.1, 0.15) is 5.54 Å². The summed E-state index contributed by atoms with van der Waals surface area (Å²) in [5.74, 6) is 0.294. The minimum Gasteiger partial charge on any atom is -0.326 e. The van der Waals surface area contributed by atoms with Crippen LogP contribution in [0.4, 0.5) is 0 Å². The molecular formula is C25H26N2O. The lowest BCUT2D eigenvalue weighted by Gasteiger charge is -2.45. The molecule has 1 aromatic heterocycles. The molecule has 3 nitrogen and oxygen atoms in total. The van der Waals surface area contributed by atoms with Crippen molar-refractivity contribution in [3.63, 3.8) is 0 Å². The maximum atomic E-state index is 11.9. The third kappa shape index (κ3) is 3.22. The first kappa shape index (κ1) is 18.4. The fourth-order valence-electron chi connectivity index (χ4n) is 4.75. The van der Waals surface area contributed by atoms with Gasteiger partial charge in [-0.1, -0.05) is 53.6 Å². The highest BCUT2D eigenvalue weighted by molar-refractivity contribution is 5.79. The Morgan fingerprint density at radius 3 is 2.86 bits per heavy atom. The lowest BCUT2D eigenvalue weighted by molar-refractivity contribution is 0.413. The van der Waals surface area contributed by atoms with Gasteiger partial charge in [0.25, 0.3) is 0 Å². The molecule has 1 aromatic carbocycles. The summed E-state index contributed by atoms with van der Waals surface area (Å²) in [5.41, 5.74) is 6.78.